The van der Waals surface area contributed by atoms with Crippen LogP contribution in [0.25, 0.3) is 21.5 Å². The van der Waals surface area contributed by atoms with E-state index in [0.717, 1.165) is 20.4 Å². The van der Waals surface area contributed by atoms with Crippen molar-refractivity contribution >= 4 is 57.3 Å². The molecule has 0 unspecified atom stereocenters. The third-order valence-corrected chi connectivity index (χ3v) is 2.62. The van der Waals surface area contributed by atoms with Crippen LogP contribution in [0, 0.1) is 7.43 Å². The van der Waals surface area contributed by atoms with Crippen LogP contribution >= 0.6 is 24.8 Å². The van der Waals surface area contributed by atoms with Gasteiger partial charge in [-0.2, -0.15) is 0 Å². The Morgan fingerprint density at radius 3 is 1.39 bits per heavy atom. The molecule has 0 aliphatic rings. The predicted molar refractivity (Wildman–Crippen MR) is 98.6 cm³/mol. The third-order valence-electron chi connectivity index (χ3n) is 2.62. The van der Waals surface area contributed by atoms with Gasteiger partial charge in [0.2, 0.25) is 0 Å². The normalized spacial score (nSPS) is 7.83. The van der Waals surface area contributed by atoms with Gasteiger partial charge in [-0.05, 0) is 0 Å². The third kappa shape index (κ3) is 8.82. The summed E-state index contributed by atoms with van der Waals surface area (Å²) >= 11 is 0.750. The van der Waals surface area contributed by atoms with Crippen molar-refractivity contribution in [3.8, 4) is 0 Å². The Balaban J connectivity index is -0.000000162. The molecule has 0 atom stereocenters. The number of halogens is 2. The van der Waals surface area contributed by atoms with Gasteiger partial charge in [-0.15, -0.1) is 64.6 Å². The van der Waals surface area contributed by atoms with Crippen molar-refractivity contribution in [2.45, 2.75) is 0 Å². The van der Waals surface area contributed by atoms with Crippen molar-refractivity contribution in [1.82, 2.24) is 0 Å². The van der Waals surface area contributed by atoms with E-state index in [1.165, 1.54) is 21.5 Å². The van der Waals surface area contributed by atoms with Crippen molar-refractivity contribution in [2.75, 3.05) is 13.2 Å². The molecule has 0 saturated heterocycles. The van der Waals surface area contributed by atoms with Gasteiger partial charge in [-0.25, -0.2) is 0 Å². The monoisotopic (exact) mass is 406 g/mol. The van der Waals surface area contributed by atoms with Crippen LogP contribution in [0.5, 0.6) is 0 Å². The minimum Gasteiger partial charge on any atom is -0.126 e. The SMILES string of the molecule is Cl.Cl.OCCO.[CH3-].[O]=[Ti+2].[Si].c1ccc2c(c1)[cH-]c1ccccc12. The fourth-order valence-corrected chi connectivity index (χ4v) is 1.90. The first-order chi connectivity index (χ1) is 9.36. The quantitative estimate of drug-likeness (QED) is 0.480. The Hall–Kier alpha value is -0.459. The van der Waals surface area contributed by atoms with E-state index in [1.807, 2.05) is 0 Å². The van der Waals surface area contributed by atoms with E-state index in [-0.39, 0.29) is 56.4 Å². The summed E-state index contributed by atoms with van der Waals surface area (Å²) < 4.78 is 8.25. The van der Waals surface area contributed by atoms with Crippen molar-refractivity contribution in [3.63, 3.8) is 0 Å². The molecule has 2 N–H and O–H groups in total. The second-order valence-electron chi connectivity index (χ2n) is 3.77. The van der Waals surface area contributed by atoms with Crippen molar-refractivity contribution < 1.29 is 33.9 Å². The molecule has 0 amide bonds. The summed E-state index contributed by atoms with van der Waals surface area (Å²) in [6, 6.07) is 19.3. The Kier molecular flexibility index (Phi) is 23.7. The topological polar surface area (TPSA) is 57.5 Å². The molecular formula is C16H20Cl2O3SiTi. The Labute approximate surface area is 166 Å². The predicted octanol–water partition coefficient (Wildman–Crippen LogP) is 3.47. The van der Waals surface area contributed by atoms with E-state index in [9.17, 15) is 0 Å². The van der Waals surface area contributed by atoms with E-state index in [1.54, 1.807) is 0 Å². The van der Waals surface area contributed by atoms with E-state index < -0.39 is 0 Å². The fraction of sp³-hybridized carbons (Fsp3) is 0.125. The first-order valence-electron chi connectivity index (χ1n) is 5.82. The van der Waals surface area contributed by atoms with Crippen molar-refractivity contribution in [1.29, 1.82) is 0 Å². The van der Waals surface area contributed by atoms with Crippen LogP contribution in [0.3, 0.4) is 0 Å². The average molecular weight is 407 g/mol. The van der Waals surface area contributed by atoms with E-state index >= 15 is 0 Å². The van der Waals surface area contributed by atoms with Gasteiger partial charge < -0.3 is 17.6 Å². The van der Waals surface area contributed by atoms with E-state index in [4.69, 9.17) is 13.5 Å². The molecule has 0 fully saturated rings. The Morgan fingerprint density at radius 1 is 0.783 bits per heavy atom. The molecule has 0 bridgehead atoms. The molecule has 4 radical (unpaired) electrons. The summed E-state index contributed by atoms with van der Waals surface area (Å²) in [7, 11) is 0. The standard InChI is InChI=1S/C13H9.C2H6O2.CH3.2ClH.O.Si.Ti/c1-3-7-12-10(5-1)9-11-6-2-4-8-13(11)12;3-1-2-4;;;;;;/h1-9H;3-4H,1-2H2;1H3;2*1H;;;/q-1;;-1;;;;;+2. The molecule has 0 saturated carbocycles. The molecule has 0 spiro atoms. The van der Waals surface area contributed by atoms with Crippen LogP contribution in [-0.4, -0.2) is 34.4 Å². The summed E-state index contributed by atoms with van der Waals surface area (Å²) in [6.07, 6.45) is 0. The molecule has 7 heteroatoms. The number of aliphatic hydroxyl groups is 2. The molecule has 124 valence electrons. The largest absolute Gasteiger partial charge is 0.126 e. The van der Waals surface area contributed by atoms with Gasteiger partial charge in [0.15, 0.2) is 0 Å². The summed E-state index contributed by atoms with van der Waals surface area (Å²) in [5.74, 6) is 0. The first-order valence-corrected chi connectivity index (χ1v) is 6.46. The number of aliphatic hydroxyl groups excluding tert-OH is 2. The smallest absolute Gasteiger partial charge is 0 e. The Morgan fingerprint density at radius 2 is 1.09 bits per heavy atom. The number of hydrogen-bond acceptors (Lipinski definition) is 3. The van der Waals surface area contributed by atoms with Crippen molar-refractivity contribution in [3.05, 3.63) is 62.0 Å². The zero-order valence-electron chi connectivity index (χ0n) is 12.7. The first kappa shape index (κ1) is 30.4. The average Bonchev–Trinajstić information content (AvgIpc) is 2.88. The summed E-state index contributed by atoms with van der Waals surface area (Å²) in [5, 5.41) is 20.6. The van der Waals surface area contributed by atoms with Crippen LogP contribution in [0.15, 0.2) is 54.6 Å². The second-order valence-corrected chi connectivity index (χ2v) is 3.77. The summed E-state index contributed by atoms with van der Waals surface area (Å²) in [5.41, 5.74) is 0. The van der Waals surface area contributed by atoms with Crippen LogP contribution < -0.4 is 0 Å². The summed E-state index contributed by atoms with van der Waals surface area (Å²) in [6.45, 7) is -0.250. The maximum atomic E-state index is 8.25. The van der Waals surface area contributed by atoms with Gasteiger partial charge in [-0.3, -0.25) is 0 Å². The second kappa shape index (κ2) is 17.9. The maximum absolute atomic E-state index is 8.25. The number of hydrogen-bond donors (Lipinski definition) is 2. The van der Waals surface area contributed by atoms with E-state index in [0.29, 0.717) is 0 Å². The van der Waals surface area contributed by atoms with Crippen LogP contribution in [0.4, 0.5) is 0 Å². The summed E-state index contributed by atoms with van der Waals surface area (Å²) in [4.78, 5) is 0. The van der Waals surface area contributed by atoms with Gasteiger partial charge in [0, 0.05) is 11.0 Å². The van der Waals surface area contributed by atoms with Crippen LogP contribution in [0.1, 0.15) is 0 Å². The molecular weight excluding hydrogens is 387 g/mol. The molecule has 23 heavy (non-hydrogen) atoms. The van der Waals surface area contributed by atoms with Gasteiger partial charge in [0.05, 0.1) is 13.2 Å². The zero-order chi connectivity index (χ0) is 14.1. The van der Waals surface area contributed by atoms with Crippen LogP contribution in [-0.2, 0) is 23.7 Å². The molecule has 3 rings (SSSR count). The molecule has 0 heterocycles. The molecule has 3 nitrogen and oxygen atoms in total. The fourth-order valence-electron chi connectivity index (χ4n) is 1.90. The zero-order valence-corrected chi connectivity index (χ0v) is 16.9. The van der Waals surface area contributed by atoms with Gasteiger partial charge in [-0.1, -0.05) is 36.4 Å². The minimum atomic E-state index is -0.125. The number of benzene rings is 2. The van der Waals surface area contributed by atoms with E-state index in [2.05, 4.69) is 54.6 Å². The molecule has 3 aromatic carbocycles. The van der Waals surface area contributed by atoms with Gasteiger partial charge in [0.25, 0.3) is 0 Å². The molecule has 3 aromatic rings. The molecule has 0 aliphatic heterocycles. The number of fused-ring (bicyclic) bond motifs is 3. The maximum Gasteiger partial charge on any atom is 0 e. The minimum absolute atomic E-state index is 0. The van der Waals surface area contributed by atoms with Crippen LogP contribution in [0.2, 0.25) is 0 Å². The number of rotatable bonds is 1. The molecule has 0 aromatic heterocycles. The van der Waals surface area contributed by atoms with Crippen molar-refractivity contribution in [2.24, 2.45) is 0 Å². The van der Waals surface area contributed by atoms with Gasteiger partial charge >= 0.3 is 23.7 Å². The molecule has 0 aliphatic carbocycles. The van der Waals surface area contributed by atoms with Gasteiger partial charge in [0.1, 0.15) is 0 Å². The Bertz CT molecular complexity index is 582.